The smallest absolute Gasteiger partial charge is 0.197 e. The first kappa shape index (κ1) is 38.8. The number of rotatable bonds is 4. The third kappa shape index (κ3) is 5.66. The number of aryl methyl sites for hydroxylation is 1. The molecule has 1 radical (unpaired) electrons. The Labute approximate surface area is 378 Å². The zero-order valence-electron chi connectivity index (χ0n) is 38.1. The predicted molar refractivity (Wildman–Crippen MR) is 275 cm³/mol. The quantitative estimate of drug-likeness (QED) is 0.178. The van der Waals surface area contributed by atoms with E-state index in [0.29, 0.717) is 0 Å². The van der Waals surface area contributed by atoms with E-state index in [-0.39, 0.29) is 16.2 Å². The molecule has 64 heavy (non-hydrogen) atoms. The van der Waals surface area contributed by atoms with Gasteiger partial charge in [0.1, 0.15) is 0 Å². The summed E-state index contributed by atoms with van der Waals surface area (Å²) in [6, 6.07) is 62.0. The Kier molecular flexibility index (Phi) is 8.24. The fraction of sp³-hybridized carbons (Fsp3) is 0.180. The second-order valence-corrected chi connectivity index (χ2v) is 20.6. The van der Waals surface area contributed by atoms with Crippen LogP contribution in [0.5, 0.6) is 0 Å². The molecule has 309 valence electrons. The molecule has 1 N–H and O–H groups in total. The van der Waals surface area contributed by atoms with Crippen LogP contribution < -0.4 is 21.1 Å². The summed E-state index contributed by atoms with van der Waals surface area (Å²) in [5.41, 5.74) is 23.9. The SMILES string of the molecule is Cc1cc(C(C)(C)C)ccc1N1c2cc3c(cc2[B]c2c1cc1ccccc1c2-c1cc2ccccc2cc1Nc1ccc2c(c1)-c1ccccc1C2(C)C)-c1ccccc1C3(C)C. The number of anilines is 5. The van der Waals surface area contributed by atoms with Gasteiger partial charge < -0.3 is 10.2 Å². The highest BCUT2D eigenvalue weighted by molar-refractivity contribution is 6.74. The van der Waals surface area contributed by atoms with Crippen molar-refractivity contribution in [2.24, 2.45) is 0 Å². The van der Waals surface area contributed by atoms with Crippen LogP contribution in [-0.4, -0.2) is 7.28 Å². The molecular formula is C61H52BN2. The molecule has 2 aliphatic carbocycles. The molecule has 3 aliphatic rings. The maximum absolute atomic E-state index is 4.04. The van der Waals surface area contributed by atoms with E-state index >= 15 is 0 Å². The third-order valence-corrected chi connectivity index (χ3v) is 14.9. The van der Waals surface area contributed by atoms with Crippen molar-refractivity contribution in [1.82, 2.24) is 0 Å². The molecule has 9 aromatic carbocycles. The summed E-state index contributed by atoms with van der Waals surface area (Å²) >= 11 is 0. The summed E-state index contributed by atoms with van der Waals surface area (Å²) in [5, 5.41) is 8.91. The minimum Gasteiger partial charge on any atom is -0.355 e. The fourth-order valence-corrected chi connectivity index (χ4v) is 11.5. The highest BCUT2D eigenvalue weighted by Gasteiger charge is 2.39. The number of hydrogen-bond donors (Lipinski definition) is 1. The first-order chi connectivity index (χ1) is 30.8. The normalized spacial score (nSPS) is 14.9. The molecule has 0 saturated heterocycles. The van der Waals surface area contributed by atoms with Crippen molar-refractivity contribution in [2.75, 3.05) is 10.2 Å². The summed E-state index contributed by atoms with van der Waals surface area (Å²) in [4.78, 5) is 2.58. The average molecular weight is 824 g/mol. The fourth-order valence-electron chi connectivity index (χ4n) is 11.5. The molecule has 0 saturated carbocycles. The Hall–Kier alpha value is -6.84. The summed E-state index contributed by atoms with van der Waals surface area (Å²) in [6.07, 6.45) is 0. The molecule has 0 unspecified atom stereocenters. The number of nitrogens with one attached hydrogen (secondary N) is 1. The van der Waals surface area contributed by atoms with Crippen LogP contribution in [0.4, 0.5) is 28.4 Å². The van der Waals surface area contributed by atoms with Gasteiger partial charge in [0.05, 0.1) is 0 Å². The number of nitrogens with zero attached hydrogens (tertiary/aromatic N) is 1. The highest BCUT2D eigenvalue weighted by Crippen LogP contribution is 2.53. The van der Waals surface area contributed by atoms with Crippen molar-refractivity contribution in [2.45, 2.75) is 71.6 Å². The lowest BCUT2D eigenvalue weighted by Crippen LogP contribution is -2.41. The van der Waals surface area contributed by atoms with E-state index in [9.17, 15) is 0 Å². The zero-order valence-corrected chi connectivity index (χ0v) is 38.1. The number of benzene rings is 9. The van der Waals surface area contributed by atoms with Gasteiger partial charge in [-0.05, 0) is 143 Å². The van der Waals surface area contributed by atoms with E-state index in [0.717, 1.165) is 11.4 Å². The van der Waals surface area contributed by atoms with Gasteiger partial charge in [0.2, 0.25) is 0 Å². The Bertz CT molecular complexity index is 3450. The molecule has 0 bridgehead atoms. The zero-order chi connectivity index (χ0) is 43.9. The van der Waals surface area contributed by atoms with E-state index < -0.39 is 0 Å². The lowest BCUT2D eigenvalue weighted by molar-refractivity contribution is 0.590. The minimum atomic E-state index is -0.131. The van der Waals surface area contributed by atoms with Gasteiger partial charge in [-0.15, -0.1) is 0 Å². The standard InChI is InChI=1S/C61H52BN2/c1-36-29-40(59(2,3)4)25-28-54(36)64-55-35-51-46(44-22-14-16-24-49(44)61(51,7)8)34-52(55)62-58-56(64)32-39-19-11-12-20-42(39)57(58)47-30-37-17-9-10-18-38(37)31-53(47)63-41-26-27-50-45(33-41)43-21-13-15-23-48(43)60(50,5)6/h9-35,63H,1-8H3. The van der Waals surface area contributed by atoms with Gasteiger partial charge in [-0.1, -0.05) is 175 Å². The van der Waals surface area contributed by atoms with E-state index in [1.807, 2.05) is 0 Å². The molecule has 0 amide bonds. The molecule has 1 heterocycles. The summed E-state index contributed by atoms with van der Waals surface area (Å²) in [6.45, 7) is 18.7. The maximum Gasteiger partial charge on any atom is 0.197 e. The van der Waals surface area contributed by atoms with Crippen molar-refractivity contribution < 1.29 is 0 Å². The maximum atomic E-state index is 4.04. The van der Waals surface area contributed by atoms with E-state index in [4.69, 9.17) is 0 Å². The second kappa shape index (κ2) is 13.6. The van der Waals surface area contributed by atoms with Crippen molar-refractivity contribution in [3.63, 3.8) is 0 Å². The van der Waals surface area contributed by atoms with Gasteiger partial charge in [0, 0.05) is 44.8 Å². The van der Waals surface area contributed by atoms with Crippen LogP contribution in [0, 0.1) is 6.92 Å². The van der Waals surface area contributed by atoms with Crippen molar-refractivity contribution in [1.29, 1.82) is 0 Å². The first-order valence-corrected chi connectivity index (χ1v) is 22.9. The van der Waals surface area contributed by atoms with Crippen LogP contribution in [0.1, 0.15) is 81.8 Å². The van der Waals surface area contributed by atoms with E-state index in [1.54, 1.807) is 0 Å². The van der Waals surface area contributed by atoms with Crippen LogP contribution in [0.2, 0.25) is 0 Å². The summed E-state index contributed by atoms with van der Waals surface area (Å²) in [5.74, 6) is 0. The molecule has 1 aliphatic heterocycles. The lowest BCUT2D eigenvalue weighted by Gasteiger charge is -2.38. The van der Waals surface area contributed by atoms with Crippen molar-refractivity contribution >= 4 is 68.2 Å². The van der Waals surface area contributed by atoms with Gasteiger partial charge in [0.25, 0.3) is 0 Å². The van der Waals surface area contributed by atoms with Gasteiger partial charge in [-0.3, -0.25) is 0 Å². The molecule has 0 aromatic heterocycles. The van der Waals surface area contributed by atoms with Crippen LogP contribution in [0.25, 0.3) is 54.9 Å². The third-order valence-electron chi connectivity index (χ3n) is 14.9. The van der Waals surface area contributed by atoms with Crippen LogP contribution in [0.3, 0.4) is 0 Å². The Balaban J connectivity index is 1.12. The van der Waals surface area contributed by atoms with E-state index in [1.165, 1.54) is 116 Å². The summed E-state index contributed by atoms with van der Waals surface area (Å²) < 4.78 is 0. The van der Waals surface area contributed by atoms with Crippen molar-refractivity contribution in [3.05, 3.63) is 197 Å². The molecule has 9 aromatic rings. The molecule has 3 heteroatoms. The monoisotopic (exact) mass is 823 g/mol. The number of hydrogen-bond acceptors (Lipinski definition) is 2. The predicted octanol–water partition coefficient (Wildman–Crippen LogP) is 15.1. The first-order valence-electron chi connectivity index (χ1n) is 22.9. The molecule has 2 nitrogen and oxygen atoms in total. The Morgan fingerprint density at radius 2 is 1.09 bits per heavy atom. The Morgan fingerprint density at radius 3 is 1.80 bits per heavy atom. The van der Waals surface area contributed by atoms with E-state index in [2.05, 4.69) is 237 Å². The molecule has 0 atom stereocenters. The number of fused-ring (bicyclic) bond motifs is 10. The van der Waals surface area contributed by atoms with Crippen LogP contribution >= 0.6 is 0 Å². The lowest BCUT2D eigenvalue weighted by atomic mass is 9.57. The second-order valence-electron chi connectivity index (χ2n) is 20.6. The summed E-state index contributed by atoms with van der Waals surface area (Å²) in [7, 11) is 2.49. The van der Waals surface area contributed by atoms with Crippen molar-refractivity contribution in [3.8, 4) is 33.4 Å². The highest BCUT2D eigenvalue weighted by atomic mass is 15.2. The van der Waals surface area contributed by atoms with Crippen LogP contribution in [0.15, 0.2) is 164 Å². The van der Waals surface area contributed by atoms with Gasteiger partial charge >= 0.3 is 0 Å². The largest absolute Gasteiger partial charge is 0.355 e. The Morgan fingerprint density at radius 1 is 0.484 bits per heavy atom. The molecule has 0 spiro atoms. The van der Waals surface area contributed by atoms with Gasteiger partial charge in [-0.25, -0.2) is 0 Å². The van der Waals surface area contributed by atoms with Gasteiger partial charge in [0.15, 0.2) is 7.28 Å². The topological polar surface area (TPSA) is 15.3 Å². The van der Waals surface area contributed by atoms with Crippen LogP contribution in [-0.2, 0) is 16.2 Å². The molecular weight excluding hydrogens is 771 g/mol. The average Bonchev–Trinajstić information content (AvgIpc) is 3.65. The molecule has 12 rings (SSSR count). The minimum absolute atomic E-state index is 0.0344. The van der Waals surface area contributed by atoms with Gasteiger partial charge in [-0.2, -0.15) is 0 Å². The molecule has 0 fully saturated rings.